The van der Waals surface area contributed by atoms with Gasteiger partial charge in [0, 0.05) is 0 Å². The molecule has 0 bridgehead atoms. The Balaban J connectivity index is 2.05. The maximum absolute atomic E-state index is 12.3. The molecule has 2 aromatic rings. The van der Waals surface area contributed by atoms with Crippen LogP contribution >= 0.6 is 46.2 Å². The van der Waals surface area contributed by atoms with Gasteiger partial charge >= 0.3 is 5.97 Å². The van der Waals surface area contributed by atoms with Crippen LogP contribution < -0.4 is 5.32 Å². The van der Waals surface area contributed by atoms with E-state index in [0.717, 1.165) is 20.7 Å². The van der Waals surface area contributed by atoms with Crippen molar-refractivity contribution in [3.63, 3.8) is 0 Å². The average molecular weight is 432 g/mol. The molecule has 10 heteroatoms. The molecule has 0 fully saturated rings. The predicted molar refractivity (Wildman–Crippen MR) is 110 cm³/mol. The average Bonchev–Trinajstić information content (AvgIpc) is 3.19. The zero-order valence-electron chi connectivity index (χ0n) is 15.0. The van der Waals surface area contributed by atoms with Crippen LogP contribution in [0, 0.1) is 5.92 Å². The van der Waals surface area contributed by atoms with Gasteiger partial charge in [-0.1, -0.05) is 48.7 Å². The van der Waals surface area contributed by atoms with Crippen LogP contribution in [0.3, 0.4) is 0 Å². The van der Waals surface area contributed by atoms with E-state index in [4.69, 9.17) is 4.74 Å². The summed E-state index contributed by atoms with van der Waals surface area (Å²) in [5.74, 6) is 0.0447. The number of thioether (sulfide) groups is 2. The number of aromatic nitrogens is 2. The van der Waals surface area contributed by atoms with E-state index in [-0.39, 0.29) is 17.6 Å². The lowest BCUT2D eigenvalue weighted by atomic mass is 10.0. The lowest BCUT2D eigenvalue weighted by Crippen LogP contribution is -2.17. The van der Waals surface area contributed by atoms with Crippen molar-refractivity contribution in [2.75, 3.05) is 23.9 Å². The van der Waals surface area contributed by atoms with Gasteiger partial charge in [0.15, 0.2) is 8.68 Å². The van der Waals surface area contributed by atoms with E-state index in [1.165, 1.54) is 46.2 Å². The Kier molecular flexibility index (Phi) is 8.39. The zero-order chi connectivity index (χ0) is 19.1. The second-order valence-corrected chi connectivity index (χ2v) is 9.79. The first kappa shape index (κ1) is 21.2. The molecule has 0 radical (unpaired) electrons. The molecule has 1 amide bonds. The van der Waals surface area contributed by atoms with Gasteiger partial charge in [-0.3, -0.25) is 4.79 Å². The van der Waals surface area contributed by atoms with Gasteiger partial charge in [-0.05, 0) is 36.5 Å². The van der Waals surface area contributed by atoms with Crippen molar-refractivity contribution in [1.29, 1.82) is 0 Å². The molecule has 0 unspecified atom stereocenters. The Bertz CT molecular complexity index is 758. The fraction of sp³-hybridized carbons (Fsp3) is 0.500. The van der Waals surface area contributed by atoms with Crippen molar-refractivity contribution >= 4 is 63.1 Å². The number of anilines is 1. The van der Waals surface area contributed by atoms with Crippen molar-refractivity contribution in [3.8, 4) is 0 Å². The van der Waals surface area contributed by atoms with Gasteiger partial charge in [-0.2, -0.15) is 0 Å². The van der Waals surface area contributed by atoms with E-state index in [0.29, 0.717) is 23.1 Å². The fourth-order valence-corrected chi connectivity index (χ4v) is 5.35. The Morgan fingerprint density at radius 1 is 1.31 bits per heavy atom. The van der Waals surface area contributed by atoms with Crippen molar-refractivity contribution in [1.82, 2.24) is 10.2 Å². The summed E-state index contributed by atoms with van der Waals surface area (Å²) >= 11 is 5.68. The molecule has 0 aliphatic heterocycles. The van der Waals surface area contributed by atoms with Crippen LogP contribution in [0.4, 0.5) is 5.00 Å². The molecular formula is C16H21N3O3S4. The highest BCUT2D eigenvalue weighted by Gasteiger charge is 2.22. The molecular weight excluding hydrogens is 410 g/mol. The molecule has 0 spiro atoms. The van der Waals surface area contributed by atoms with Crippen LogP contribution in [0.1, 0.15) is 36.7 Å². The van der Waals surface area contributed by atoms with Crippen molar-refractivity contribution in [2.45, 2.75) is 35.9 Å². The molecule has 26 heavy (non-hydrogen) atoms. The summed E-state index contributed by atoms with van der Waals surface area (Å²) in [7, 11) is 0. The Hall–Kier alpha value is -1.10. The van der Waals surface area contributed by atoms with E-state index in [9.17, 15) is 9.59 Å². The molecule has 0 saturated heterocycles. The number of thiophene rings is 1. The third kappa shape index (κ3) is 5.97. The van der Waals surface area contributed by atoms with Crippen molar-refractivity contribution in [2.24, 2.45) is 5.92 Å². The minimum absolute atomic E-state index is 0.181. The third-order valence-electron chi connectivity index (χ3n) is 3.12. The summed E-state index contributed by atoms with van der Waals surface area (Å²) in [5.41, 5.74) is 1.39. The predicted octanol–water partition coefficient (Wildman–Crippen LogP) is 4.43. The summed E-state index contributed by atoms with van der Waals surface area (Å²) in [6.45, 7) is 6.25. The third-order valence-corrected chi connectivity index (χ3v) is 7.09. The van der Waals surface area contributed by atoms with Gasteiger partial charge in [-0.15, -0.1) is 21.5 Å². The standard InChI is InChI=1S/C16H21N3O3S4/c1-5-22-14(21)12-10(6-9(2)3)7-24-13(12)17-11(20)8-25-16-19-18-15(23-4)26-16/h7,9H,5-6,8H2,1-4H3,(H,17,20). The van der Waals surface area contributed by atoms with E-state index in [1.54, 1.807) is 6.92 Å². The molecule has 0 aliphatic carbocycles. The summed E-state index contributed by atoms with van der Waals surface area (Å²) in [5, 5.41) is 13.3. The highest BCUT2D eigenvalue weighted by Crippen LogP contribution is 2.32. The summed E-state index contributed by atoms with van der Waals surface area (Å²) < 4.78 is 6.79. The fourth-order valence-electron chi connectivity index (χ4n) is 2.13. The molecule has 142 valence electrons. The molecule has 2 rings (SSSR count). The van der Waals surface area contributed by atoms with Crippen LogP contribution in [-0.2, 0) is 16.0 Å². The molecule has 0 aromatic carbocycles. The Labute approximate surface area is 169 Å². The number of carbonyl (C=O) groups excluding carboxylic acids is 2. The first-order chi connectivity index (χ1) is 12.4. The molecule has 0 atom stereocenters. The van der Waals surface area contributed by atoms with Gasteiger partial charge in [0.05, 0.1) is 17.9 Å². The van der Waals surface area contributed by atoms with Gasteiger partial charge in [-0.25, -0.2) is 4.79 Å². The van der Waals surface area contributed by atoms with Crippen molar-refractivity contribution in [3.05, 3.63) is 16.5 Å². The van der Waals surface area contributed by atoms with Crippen molar-refractivity contribution < 1.29 is 14.3 Å². The van der Waals surface area contributed by atoms with Gasteiger partial charge in [0.2, 0.25) is 5.91 Å². The first-order valence-corrected chi connectivity index (χ1v) is 11.9. The maximum Gasteiger partial charge on any atom is 0.341 e. The number of nitrogens with one attached hydrogen (secondary N) is 1. The smallest absolute Gasteiger partial charge is 0.341 e. The van der Waals surface area contributed by atoms with Crippen LogP contribution in [0.25, 0.3) is 0 Å². The van der Waals surface area contributed by atoms with Gasteiger partial charge < -0.3 is 10.1 Å². The van der Waals surface area contributed by atoms with Crippen LogP contribution in [0.5, 0.6) is 0 Å². The molecule has 0 saturated carbocycles. The number of esters is 1. The molecule has 0 aliphatic rings. The maximum atomic E-state index is 12.3. The molecule has 2 aromatic heterocycles. The molecule has 1 N–H and O–H groups in total. The quantitative estimate of drug-likeness (QED) is 0.465. The van der Waals surface area contributed by atoms with Crippen LogP contribution in [0.2, 0.25) is 0 Å². The molecule has 6 nitrogen and oxygen atoms in total. The van der Waals surface area contributed by atoms with Crippen LogP contribution in [-0.4, -0.2) is 40.7 Å². The summed E-state index contributed by atoms with van der Waals surface area (Å²) in [6, 6.07) is 0. The minimum Gasteiger partial charge on any atom is -0.462 e. The number of hydrogen-bond acceptors (Lipinski definition) is 9. The van der Waals surface area contributed by atoms with Gasteiger partial charge in [0.25, 0.3) is 0 Å². The lowest BCUT2D eigenvalue weighted by Gasteiger charge is -2.09. The largest absolute Gasteiger partial charge is 0.462 e. The number of nitrogens with zero attached hydrogens (tertiary/aromatic N) is 2. The number of ether oxygens (including phenoxy) is 1. The van der Waals surface area contributed by atoms with E-state index in [2.05, 4.69) is 29.4 Å². The normalized spacial score (nSPS) is 11.0. The number of rotatable bonds is 9. The second kappa shape index (κ2) is 10.3. The Morgan fingerprint density at radius 2 is 2.04 bits per heavy atom. The van der Waals surface area contributed by atoms with E-state index >= 15 is 0 Å². The highest BCUT2D eigenvalue weighted by molar-refractivity contribution is 8.03. The topological polar surface area (TPSA) is 81.2 Å². The molecule has 2 heterocycles. The lowest BCUT2D eigenvalue weighted by molar-refractivity contribution is -0.113. The monoisotopic (exact) mass is 431 g/mol. The second-order valence-electron chi connectivity index (χ2n) is 5.66. The number of amides is 1. The number of carbonyl (C=O) groups is 2. The first-order valence-electron chi connectivity index (χ1n) is 8.02. The highest BCUT2D eigenvalue weighted by atomic mass is 32.2. The minimum atomic E-state index is -0.388. The Morgan fingerprint density at radius 3 is 2.65 bits per heavy atom. The SMILES string of the molecule is CCOC(=O)c1c(CC(C)C)csc1NC(=O)CSc1nnc(SC)s1. The van der Waals surface area contributed by atoms with Gasteiger partial charge in [0.1, 0.15) is 5.00 Å². The van der Waals surface area contributed by atoms with E-state index < -0.39 is 0 Å². The summed E-state index contributed by atoms with van der Waals surface area (Å²) in [6.07, 6.45) is 2.70. The number of hydrogen-bond donors (Lipinski definition) is 1. The zero-order valence-corrected chi connectivity index (χ0v) is 18.3. The summed E-state index contributed by atoms with van der Waals surface area (Å²) in [4.78, 5) is 24.6. The van der Waals surface area contributed by atoms with E-state index in [1.807, 2.05) is 11.6 Å². The van der Waals surface area contributed by atoms with Crippen LogP contribution in [0.15, 0.2) is 14.1 Å².